The van der Waals surface area contributed by atoms with E-state index in [1.54, 1.807) is 23.9 Å². The molecule has 0 spiro atoms. The summed E-state index contributed by atoms with van der Waals surface area (Å²) < 4.78 is 1.40. The predicted molar refractivity (Wildman–Crippen MR) is 78.6 cm³/mol. The molecule has 1 aliphatic heterocycles. The van der Waals surface area contributed by atoms with Gasteiger partial charge in [-0.1, -0.05) is 5.10 Å². The Morgan fingerprint density at radius 1 is 1.36 bits per heavy atom. The zero-order valence-electron chi connectivity index (χ0n) is 11.1. The van der Waals surface area contributed by atoms with Gasteiger partial charge in [0.25, 0.3) is 11.5 Å². The highest BCUT2D eigenvalue weighted by Gasteiger charge is 2.19. The Hall–Kier alpha value is -2.75. The van der Waals surface area contributed by atoms with E-state index in [0.717, 1.165) is 11.4 Å². The van der Waals surface area contributed by atoms with Gasteiger partial charge in [-0.15, -0.1) is 0 Å². The third-order valence-corrected chi connectivity index (χ3v) is 4.30. The number of pyridine rings is 1. The minimum atomic E-state index is -0.415. The number of aromatic nitrogens is 6. The maximum atomic E-state index is 12.5. The summed E-state index contributed by atoms with van der Waals surface area (Å²) >= 11 is 1.66. The lowest BCUT2D eigenvalue weighted by atomic mass is 10.2. The van der Waals surface area contributed by atoms with E-state index in [2.05, 4.69) is 30.9 Å². The molecule has 1 amide bonds. The van der Waals surface area contributed by atoms with Crippen LogP contribution in [0.15, 0.2) is 23.1 Å². The third-order valence-electron chi connectivity index (χ3n) is 3.33. The van der Waals surface area contributed by atoms with Crippen LogP contribution in [-0.2, 0) is 11.5 Å². The number of anilines is 1. The fourth-order valence-corrected chi connectivity index (χ4v) is 3.29. The Morgan fingerprint density at radius 2 is 2.27 bits per heavy atom. The van der Waals surface area contributed by atoms with Gasteiger partial charge in [0.2, 0.25) is 5.95 Å². The molecule has 0 aromatic carbocycles. The van der Waals surface area contributed by atoms with Crippen molar-refractivity contribution in [3.63, 3.8) is 0 Å². The molecule has 4 rings (SSSR count). The number of carbonyl (C=O) groups is 1. The second-order valence-electron chi connectivity index (χ2n) is 4.68. The van der Waals surface area contributed by atoms with Gasteiger partial charge < -0.3 is 0 Å². The maximum Gasteiger partial charge on any atom is 0.262 e. The summed E-state index contributed by atoms with van der Waals surface area (Å²) in [6.07, 6.45) is 1.48. The van der Waals surface area contributed by atoms with Gasteiger partial charge in [-0.05, 0) is 22.6 Å². The number of rotatable bonds is 2. The molecule has 0 aliphatic carbocycles. The second-order valence-corrected chi connectivity index (χ2v) is 5.67. The zero-order chi connectivity index (χ0) is 15.1. The van der Waals surface area contributed by atoms with Crippen LogP contribution in [0.1, 0.15) is 21.6 Å². The Balaban J connectivity index is 1.77. The first-order valence-corrected chi connectivity index (χ1v) is 7.55. The molecular formula is C12H9N7O2S. The average molecular weight is 315 g/mol. The van der Waals surface area contributed by atoms with E-state index in [0.29, 0.717) is 22.5 Å². The SMILES string of the molecule is O=C(Nc1nnn[nH]1)c1ccc2nc3c(c(=O)n2c1)CSC3. The highest BCUT2D eigenvalue weighted by molar-refractivity contribution is 7.98. The summed E-state index contributed by atoms with van der Waals surface area (Å²) in [5.41, 5.74) is 2.27. The Labute approximate surface area is 127 Å². The van der Waals surface area contributed by atoms with Crippen LogP contribution in [0.4, 0.5) is 5.95 Å². The highest BCUT2D eigenvalue weighted by atomic mass is 32.2. The van der Waals surface area contributed by atoms with E-state index in [-0.39, 0.29) is 11.5 Å². The molecule has 0 radical (unpaired) electrons. The molecular weight excluding hydrogens is 306 g/mol. The van der Waals surface area contributed by atoms with E-state index in [1.807, 2.05) is 0 Å². The highest BCUT2D eigenvalue weighted by Crippen LogP contribution is 2.25. The molecule has 0 fully saturated rings. The van der Waals surface area contributed by atoms with Crippen molar-refractivity contribution in [1.29, 1.82) is 0 Å². The third kappa shape index (κ3) is 2.04. The van der Waals surface area contributed by atoms with Gasteiger partial charge in [0, 0.05) is 17.7 Å². The number of thioether (sulfide) groups is 1. The summed E-state index contributed by atoms with van der Waals surface area (Å²) in [4.78, 5) is 29.1. The van der Waals surface area contributed by atoms with E-state index in [9.17, 15) is 9.59 Å². The van der Waals surface area contributed by atoms with Crippen molar-refractivity contribution in [1.82, 2.24) is 30.0 Å². The minimum absolute atomic E-state index is 0.124. The molecule has 0 bridgehead atoms. The molecule has 0 saturated heterocycles. The van der Waals surface area contributed by atoms with Gasteiger partial charge in [-0.3, -0.25) is 19.3 Å². The molecule has 1 aliphatic rings. The number of nitrogens with one attached hydrogen (secondary N) is 2. The van der Waals surface area contributed by atoms with Gasteiger partial charge in [0.1, 0.15) is 5.65 Å². The van der Waals surface area contributed by atoms with Crippen molar-refractivity contribution in [2.75, 3.05) is 5.32 Å². The first kappa shape index (κ1) is 13.0. The molecule has 4 heterocycles. The van der Waals surface area contributed by atoms with Gasteiger partial charge in [-0.2, -0.15) is 11.8 Å². The van der Waals surface area contributed by atoms with Crippen LogP contribution in [0.3, 0.4) is 0 Å². The predicted octanol–water partition coefficient (Wildman–Crippen LogP) is 0.207. The molecule has 0 saturated carbocycles. The number of fused-ring (bicyclic) bond motifs is 2. The smallest absolute Gasteiger partial charge is 0.262 e. The molecule has 0 unspecified atom stereocenters. The number of hydrogen-bond donors (Lipinski definition) is 2. The van der Waals surface area contributed by atoms with E-state index in [4.69, 9.17) is 0 Å². The van der Waals surface area contributed by atoms with E-state index < -0.39 is 5.91 Å². The fourth-order valence-electron chi connectivity index (χ4n) is 2.26. The largest absolute Gasteiger partial charge is 0.289 e. The molecule has 110 valence electrons. The monoisotopic (exact) mass is 315 g/mol. The van der Waals surface area contributed by atoms with Crippen LogP contribution < -0.4 is 10.9 Å². The quantitative estimate of drug-likeness (QED) is 0.694. The van der Waals surface area contributed by atoms with E-state index >= 15 is 0 Å². The standard InChI is InChI=1S/C12H9N7O2S/c20-10(14-12-15-17-18-16-12)6-1-2-9-13-8-5-22-4-7(8)11(21)19(9)3-6/h1-3H,4-5H2,(H2,14,15,16,17,18,20). The van der Waals surface area contributed by atoms with Gasteiger partial charge >= 0.3 is 0 Å². The lowest BCUT2D eigenvalue weighted by Gasteiger charge is -2.06. The van der Waals surface area contributed by atoms with Crippen molar-refractivity contribution in [3.05, 3.63) is 45.5 Å². The average Bonchev–Trinajstić information content (AvgIpc) is 3.18. The summed E-state index contributed by atoms with van der Waals surface area (Å²) in [6, 6.07) is 3.26. The molecule has 22 heavy (non-hydrogen) atoms. The maximum absolute atomic E-state index is 12.5. The Morgan fingerprint density at radius 3 is 3.09 bits per heavy atom. The lowest BCUT2D eigenvalue weighted by molar-refractivity contribution is 0.102. The Bertz CT molecular complexity index is 935. The number of aromatic amines is 1. The summed E-state index contributed by atoms with van der Waals surface area (Å²) in [7, 11) is 0. The van der Waals surface area contributed by atoms with Gasteiger partial charge in [0.05, 0.1) is 16.8 Å². The van der Waals surface area contributed by atoms with Crippen LogP contribution in [0.25, 0.3) is 5.65 Å². The topological polar surface area (TPSA) is 118 Å². The lowest BCUT2D eigenvalue weighted by Crippen LogP contribution is -2.22. The number of tetrazole rings is 1. The Kier molecular flexibility index (Phi) is 2.89. The molecule has 0 atom stereocenters. The van der Waals surface area contributed by atoms with Crippen LogP contribution >= 0.6 is 11.8 Å². The van der Waals surface area contributed by atoms with Crippen LogP contribution in [0.2, 0.25) is 0 Å². The second kappa shape index (κ2) is 4.91. The number of H-pyrrole nitrogens is 1. The number of hydrogen-bond acceptors (Lipinski definition) is 7. The van der Waals surface area contributed by atoms with Gasteiger partial charge in [-0.25, -0.2) is 10.1 Å². The van der Waals surface area contributed by atoms with Crippen LogP contribution in [0, 0.1) is 0 Å². The van der Waals surface area contributed by atoms with Crippen molar-refractivity contribution >= 4 is 29.3 Å². The molecule has 3 aromatic heterocycles. The van der Waals surface area contributed by atoms with Crippen molar-refractivity contribution < 1.29 is 4.79 Å². The number of nitrogens with zero attached hydrogens (tertiary/aromatic N) is 5. The van der Waals surface area contributed by atoms with Crippen molar-refractivity contribution in [2.45, 2.75) is 11.5 Å². The first-order chi connectivity index (χ1) is 10.7. The summed E-state index contributed by atoms with van der Waals surface area (Å²) in [5, 5.41) is 15.3. The molecule has 9 nitrogen and oxygen atoms in total. The van der Waals surface area contributed by atoms with Crippen LogP contribution in [0.5, 0.6) is 0 Å². The number of carbonyl (C=O) groups excluding carboxylic acids is 1. The normalized spacial score (nSPS) is 13.3. The van der Waals surface area contributed by atoms with Crippen molar-refractivity contribution in [2.24, 2.45) is 0 Å². The van der Waals surface area contributed by atoms with Gasteiger partial charge in [0.15, 0.2) is 0 Å². The minimum Gasteiger partial charge on any atom is -0.289 e. The molecule has 2 N–H and O–H groups in total. The zero-order valence-corrected chi connectivity index (χ0v) is 11.9. The first-order valence-electron chi connectivity index (χ1n) is 6.39. The number of amides is 1. The fraction of sp³-hybridized carbons (Fsp3) is 0.167. The van der Waals surface area contributed by atoms with Crippen molar-refractivity contribution in [3.8, 4) is 0 Å². The molecule has 3 aromatic rings. The summed E-state index contributed by atoms with van der Waals surface area (Å²) in [5.74, 6) is 1.13. The summed E-state index contributed by atoms with van der Waals surface area (Å²) in [6.45, 7) is 0. The van der Waals surface area contributed by atoms with Crippen LogP contribution in [-0.4, -0.2) is 35.9 Å². The molecule has 10 heteroatoms. The van der Waals surface area contributed by atoms with E-state index in [1.165, 1.54) is 10.6 Å².